The van der Waals surface area contributed by atoms with Crippen molar-refractivity contribution in [1.29, 1.82) is 0 Å². The second kappa shape index (κ2) is 9.11. The third kappa shape index (κ3) is 5.97. The summed E-state index contributed by atoms with van der Waals surface area (Å²) in [5, 5.41) is 6.21. The van der Waals surface area contributed by atoms with Gasteiger partial charge >= 0.3 is 0 Å². The molecule has 0 amide bonds. The molecule has 2 rings (SSSR count). The highest BCUT2D eigenvalue weighted by molar-refractivity contribution is 5.59. The van der Waals surface area contributed by atoms with Gasteiger partial charge in [-0.15, -0.1) is 0 Å². The van der Waals surface area contributed by atoms with Crippen molar-refractivity contribution >= 4 is 17.5 Å². The first-order valence-corrected chi connectivity index (χ1v) is 8.65. The molecule has 2 heterocycles. The molecular formula is C19H25FN6. The third-order valence-corrected chi connectivity index (χ3v) is 3.60. The van der Waals surface area contributed by atoms with E-state index in [0.29, 0.717) is 29.6 Å². The lowest BCUT2D eigenvalue weighted by Crippen LogP contribution is -2.15. The number of hydrogen-bond donors (Lipinski definition) is 3. The van der Waals surface area contributed by atoms with Gasteiger partial charge in [-0.3, -0.25) is 4.98 Å². The van der Waals surface area contributed by atoms with Crippen LogP contribution >= 0.6 is 0 Å². The maximum absolute atomic E-state index is 13.3. The van der Waals surface area contributed by atoms with Gasteiger partial charge in [0.05, 0.1) is 29.8 Å². The van der Waals surface area contributed by atoms with Gasteiger partial charge in [-0.25, -0.2) is 9.37 Å². The van der Waals surface area contributed by atoms with Gasteiger partial charge in [-0.05, 0) is 33.2 Å². The Bertz CT molecular complexity index is 794. The molecule has 2 aromatic heterocycles. The first kappa shape index (κ1) is 19.6. The van der Waals surface area contributed by atoms with Crippen molar-refractivity contribution in [3.63, 3.8) is 0 Å². The molecule has 0 saturated heterocycles. The Kier molecular flexibility index (Phi) is 6.87. The molecule has 7 heteroatoms. The predicted molar refractivity (Wildman–Crippen MR) is 103 cm³/mol. The number of nitrogens with one attached hydrogen (secondary N) is 2. The van der Waals surface area contributed by atoms with Crippen molar-refractivity contribution < 1.29 is 4.39 Å². The van der Waals surface area contributed by atoms with Gasteiger partial charge in [0.25, 0.3) is 0 Å². The highest BCUT2D eigenvalue weighted by Gasteiger charge is 2.13. The Hall–Kier alpha value is -2.72. The summed E-state index contributed by atoms with van der Waals surface area (Å²) in [6.45, 7) is 7.53. The molecule has 0 aliphatic rings. The lowest BCUT2D eigenvalue weighted by atomic mass is 9.90. The Labute approximate surface area is 153 Å². The molecule has 0 aliphatic carbocycles. The van der Waals surface area contributed by atoms with Gasteiger partial charge in [0.15, 0.2) is 0 Å². The van der Waals surface area contributed by atoms with Gasteiger partial charge in [0.2, 0.25) is 5.95 Å². The van der Waals surface area contributed by atoms with Crippen molar-refractivity contribution in [1.82, 2.24) is 15.0 Å². The number of pyridine rings is 1. The minimum atomic E-state index is -0.427. The van der Waals surface area contributed by atoms with Crippen molar-refractivity contribution in [3.8, 4) is 11.8 Å². The van der Waals surface area contributed by atoms with Gasteiger partial charge in [-0.1, -0.05) is 18.8 Å². The monoisotopic (exact) mass is 356 g/mol. The van der Waals surface area contributed by atoms with Crippen LogP contribution in [0.25, 0.3) is 0 Å². The van der Waals surface area contributed by atoms with Crippen LogP contribution in [0, 0.1) is 23.1 Å². The summed E-state index contributed by atoms with van der Waals surface area (Å²) >= 11 is 0. The van der Waals surface area contributed by atoms with Crippen molar-refractivity contribution in [2.24, 2.45) is 11.1 Å². The molecule has 0 fully saturated rings. The lowest BCUT2D eigenvalue weighted by molar-refractivity contribution is 0.466. The fourth-order valence-corrected chi connectivity index (χ4v) is 2.18. The highest BCUT2D eigenvalue weighted by atomic mass is 19.1. The van der Waals surface area contributed by atoms with Crippen LogP contribution in [0.2, 0.25) is 0 Å². The summed E-state index contributed by atoms with van der Waals surface area (Å²) in [6, 6.07) is 1.33. The molecule has 2 aromatic rings. The minimum Gasteiger partial charge on any atom is -0.369 e. The standard InChI is InChI=1S/C19H25FN6/c1-4-9-23-17-14(5-6-19(2,3)7-8-21)11-24-18(26-17)25-16-10-15(20)12-22-13-16/h10-13H,4,7-9,21H2,1-3H3,(H2,23,24,25,26). The first-order valence-electron chi connectivity index (χ1n) is 8.65. The van der Waals surface area contributed by atoms with Crippen LogP contribution < -0.4 is 16.4 Å². The SMILES string of the molecule is CCCNc1nc(Nc2cncc(F)c2)ncc1C#CC(C)(C)CCN. The Morgan fingerprint density at radius 2 is 2.08 bits per heavy atom. The second-order valence-electron chi connectivity index (χ2n) is 6.57. The number of hydrogen-bond acceptors (Lipinski definition) is 6. The van der Waals surface area contributed by atoms with E-state index in [1.165, 1.54) is 12.3 Å². The van der Waals surface area contributed by atoms with Crippen LogP contribution in [0.5, 0.6) is 0 Å². The van der Waals surface area contributed by atoms with E-state index in [9.17, 15) is 4.39 Å². The average Bonchev–Trinajstić information content (AvgIpc) is 2.59. The van der Waals surface area contributed by atoms with Crippen LogP contribution in [0.3, 0.4) is 0 Å². The number of nitrogens with zero attached hydrogens (tertiary/aromatic N) is 3. The molecule has 138 valence electrons. The maximum Gasteiger partial charge on any atom is 0.229 e. The Morgan fingerprint density at radius 1 is 1.27 bits per heavy atom. The molecule has 0 saturated carbocycles. The summed E-state index contributed by atoms with van der Waals surface area (Å²) in [6.07, 6.45) is 6.07. The molecule has 0 bridgehead atoms. The molecule has 0 spiro atoms. The predicted octanol–water partition coefficient (Wildman–Crippen LogP) is 3.30. The van der Waals surface area contributed by atoms with E-state index in [4.69, 9.17) is 5.73 Å². The van der Waals surface area contributed by atoms with E-state index in [1.807, 2.05) is 0 Å². The number of halogens is 1. The number of aromatic nitrogens is 3. The number of rotatable bonds is 7. The molecule has 26 heavy (non-hydrogen) atoms. The van der Waals surface area contributed by atoms with E-state index in [0.717, 1.165) is 25.6 Å². The Morgan fingerprint density at radius 3 is 2.77 bits per heavy atom. The minimum absolute atomic E-state index is 0.180. The Balaban J connectivity index is 2.27. The molecule has 0 aliphatic heterocycles. The number of anilines is 3. The van der Waals surface area contributed by atoms with E-state index >= 15 is 0 Å². The van der Waals surface area contributed by atoms with Crippen molar-refractivity contribution in [3.05, 3.63) is 36.0 Å². The van der Waals surface area contributed by atoms with Gasteiger partial charge in [0.1, 0.15) is 11.6 Å². The highest BCUT2D eigenvalue weighted by Crippen LogP contribution is 2.20. The van der Waals surface area contributed by atoms with Gasteiger partial charge in [0, 0.05) is 18.0 Å². The van der Waals surface area contributed by atoms with Gasteiger partial charge < -0.3 is 16.4 Å². The summed E-state index contributed by atoms with van der Waals surface area (Å²) in [5.41, 5.74) is 6.65. The van der Waals surface area contributed by atoms with Crippen molar-refractivity contribution in [2.75, 3.05) is 23.7 Å². The van der Waals surface area contributed by atoms with Crippen LogP contribution in [-0.4, -0.2) is 28.0 Å². The molecular weight excluding hydrogens is 331 g/mol. The van der Waals surface area contributed by atoms with Crippen molar-refractivity contribution in [2.45, 2.75) is 33.6 Å². The lowest BCUT2D eigenvalue weighted by Gasteiger charge is -2.15. The van der Waals surface area contributed by atoms with E-state index in [-0.39, 0.29) is 5.41 Å². The molecule has 0 aromatic carbocycles. The average molecular weight is 356 g/mol. The van der Waals surface area contributed by atoms with E-state index in [2.05, 4.69) is 58.2 Å². The normalized spacial score (nSPS) is 10.8. The fraction of sp³-hybridized carbons (Fsp3) is 0.421. The third-order valence-electron chi connectivity index (χ3n) is 3.60. The topological polar surface area (TPSA) is 88.8 Å². The summed E-state index contributed by atoms with van der Waals surface area (Å²) in [5.74, 6) is 6.96. The molecule has 0 unspecified atom stereocenters. The maximum atomic E-state index is 13.3. The largest absolute Gasteiger partial charge is 0.369 e. The first-order chi connectivity index (χ1) is 12.4. The summed E-state index contributed by atoms with van der Waals surface area (Å²) < 4.78 is 13.3. The van der Waals surface area contributed by atoms with Gasteiger partial charge in [-0.2, -0.15) is 4.98 Å². The number of nitrogens with two attached hydrogens (primary N) is 1. The second-order valence-corrected chi connectivity index (χ2v) is 6.57. The summed E-state index contributed by atoms with van der Waals surface area (Å²) in [4.78, 5) is 12.6. The quantitative estimate of drug-likeness (QED) is 0.660. The molecule has 0 atom stereocenters. The molecule has 6 nitrogen and oxygen atoms in total. The van der Waals surface area contributed by atoms with Crippen LogP contribution in [0.15, 0.2) is 24.7 Å². The van der Waals surface area contributed by atoms with Crippen LogP contribution in [-0.2, 0) is 0 Å². The van der Waals surface area contributed by atoms with Crippen LogP contribution in [0.1, 0.15) is 39.2 Å². The zero-order valence-electron chi connectivity index (χ0n) is 15.4. The van der Waals surface area contributed by atoms with E-state index in [1.54, 1.807) is 6.20 Å². The fourth-order valence-electron chi connectivity index (χ4n) is 2.18. The molecule has 4 N–H and O–H groups in total. The molecule has 0 radical (unpaired) electrons. The zero-order valence-corrected chi connectivity index (χ0v) is 15.4. The van der Waals surface area contributed by atoms with Crippen LogP contribution in [0.4, 0.5) is 21.8 Å². The zero-order chi connectivity index (χ0) is 19.0. The smallest absolute Gasteiger partial charge is 0.229 e. The summed E-state index contributed by atoms with van der Waals surface area (Å²) in [7, 11) is 0. The van der Waals surface area contributed by atoms with E-state index < -0.39 is 5.82 Å².